The van der Waals surface area contributed by atoms with E-state index in [-0.39, 0.29) is 33.2 Å². The predicted octanol–water partition coefficient (Wildman–Crippen LogP) is 3.25. The summed E-state index contributed by atoms with van der Waals surface area (Å²) >= 11 is 0. The second-order valence-corrected chi connectivity index (χ2v) is 9.78. The molecular formula is C24H30NO10P. The van der Waals surface area contributed by atoms with E-state index in [9.17, 15) is 9.36 Å². The molecule has 0 unspecified atom stereocenters. The summed E-state index contributed by atoms with van der Waals surface area (Å²) < 4.78 is 58.7. The van der Waals surface area contributed by atoms with Gasteiger partial charge in [-0.1, -0.05) is 36.4 Å². The second kappa shape index (κ2) is 12.2. The standard InChI is InChI=1S/C24H30NO10P/c1-18(26)33-24-22(32-21(15-29-16-28-2)23(24)30-17-31-24)13-14-25-36(27,34-19-9-5-3-6-10-19)35-20-11-7-4-8-12-20/h3-12,21-23H,13-17H2,1-2H3,(H,25,27)/t21-,22+,23-,24-/m1/s1. The van der Waals surface area contributed by atoms with Crippen molar-refractivity contribution in [3.8, 4) is 11.5 Å². The van der Waals surface area contributed by atoms with Crippen molar-refractivity contribution in [2.45, 2.75) is 37.4 Å². The smallest absolute Gasteiger partial charge is 0.427 e. The normalized spacial score (nSPS) is 25.3. The van der Waals surface area contributed by atoms with Crippen LogP contribution < -0.4 is 14.1 Å². The molecule has 0 aliphatic carbocycles. The Balaban J connectivity index is 1.47. The van der Waals surface area contributed by atoms with Crippen LogP contribution in [-0.4, -0.2) is 63.9 Å². The molecule has 4 rings (SSSR count). The summed E-state index contributed by atoms with van der Waals surface area (Å²) in [6, 6.07) is 17.4. The summed E-state index contributed by atoms with van der Waals surface area (Å²) in [6.07, 6.45) is -1.77. The van der Waals surface area contributed by atoms with Crippen LogP contribution in [0.15, 0.2) is 60.7 Å². The third kappa shape index (κ3) is 6.43. The van der Waals surface area contributed by atoms with Gasteiger partial charge in [0, 0.05) is 20.6 Å². The van der Waals surface area contributed by atoms with E-state index in [1.54, 1.807) is 48.5 Å². The molecule has 36 heavy (non-hydrogen) atoms. The van der Waals surface area contributed by atoms with Crippen LogP contribution in [0.4, 0.5) is 0 Å². The second-order valence-electron chi connectivity index (χ2n) is 8.11. The summed E-state index contributed by atoms with van der Waals surface area (Å²) in [5.41, 5.74) is 0. The summed E-state index contributed by atoms with van der Waals surface area (Å²) in [5.74, 6) is -1.25. The Morgan fingerprint density at radius 3 is 2.31 bits per heavy atom. The van der Waals surface area contributed by atoms with Crippen LogP contribution >= 0.6 is 7.75 Å². The zero-order valence-corrected chi connectivity index (χ0v) is 21.0. The molecule has 12 heteroatoms. The van der Waals surface area contributed by atoms with Gasteiger partial charge in [0.05, 0.1) is 6.61 Å². The molecule has 2 aromatic rings. The van der Waals surface area contributed by atoms with E-state index in [1.165, 1.54) is 14.0 Å². The third-order valence-electron chi connectivity index (χ3n) is 5.49. The molecule has 0 bridgehead atoms. The Morgan fingerprint density at radius 1 is 1.08 bits per heavy atom. The number of carbonyl (C=O) groups is 1. The minimum Gasteiger partial charge on any atom is -0.427 e. The number of methoxy groups -OCH3 is 1. The lowest BCUT2D eigenvalue weighted by atomic mass is 10.0. The fourth-order valence-electron chi connectivity index (χ4n) is 4.09. The number of hydrogen-bond acceptors (Lipinski definition) is 10. The lowest BCUT2D eigenvalue weighted by molar-refractivity contribution is -0.234. The summed E-state index contributed by atoms with van der Waals surface area (Å²) in [4.78, 5) is 11.9. The first-order valence-corrected chi connectivity index (χ1v) is 13.0. The molecule has 2 aliphatic rings. The number of fused-ring (bicyclic) bond motifs is 1. The Hall–Kier alpha value is -2.50. The van der Waals surface area contributed by atoms with Crippen LogP contribution in [0, 0.1) is 0 Å². The quantitative estimate of drug-likeness (QED) is 0.180. The molecule has 2 aromatic carbocycles. The molecule has 2 fully saturated rings. The molecule has 2 saturated heterocycles. The maximum absolute atomic E-state index is 13.7. The highest BCUT2D eigenvalue weighted by Crippen LogP contribution is 2.46. The van der Waals surface area contributed by atoms with Gasteiger partial charge in [-0.3, -0.25) is 4.79 Å². The lowest BCUT2D eigenvalue weighted by Crippen LogP contribution is -2.50. The summed E-state index contributed by atoms with van der Waals surface area (Å²) in [5, 5.41) is 2.88. The van der Waals surface area contributed by atoms with E-state index >= 15 is 0 Å². The SMILES string of the molecule is COCOC[C@H]1O[C@@H](CCNP(=O)(Oc2ccccc2)Oc2ccccc2)[C@]2(OC(C)=O)OCO[C@H]12. The van der Waals surface area contributed by atoms with Crippen LogP contribution in [0.5, 0.6) is 11.5 Å². The van der Waals surface area contributed by atoms with Gasteiger partial charge in [-0.15, -0.1) is 0 Å². The van der Waals surface area contributed by atoms with Crippen molar-refractivity contribution in [2.24, 2.45) is 0 Å². The van der Waals surface area contributed by atoms with Crippen molar-refractivity contribution in [2.75, 3.05) is 33.8 Å². The summed E-state index contributed by atoms with van der Waals surface area (Å²) in [6.45, 7) is 1.54. The van der Waals surface area contributed by atoms with Crippen LogP contribution in [0.25, 0.3) is 0 Å². The van der Waals surface area contributed by atoms with Crippen molar-refractivity contribution in [1.82, 2.24) is 5.09 Å². The van der Waals surface area contributed by atoms with Crippen LogP contribution in [0.3, 0.4) is 0 Å². The van der Waals surface area contributed by atoms with Crippen molar-refractivity contribution < 1.29 is 46.8 Å². The molecule has 2 heterocycles. The number of carbonyl (C=O) groups excluding carboxylic acids is 1. The van der Waals surface area contributed by atoms with Gasteiger partial charge in [0.1, 0.15) is 30.5 Å². The number of hydrogen-bond donors (Lipinski definition) is 1. The molecule has 0 spiro atoms. The van der Waals surface area contributed by atoms with Crippen LogP contribution in [-0.2, 0) is 37.8 Å². The van der Waals surface area contributed by atoms with Gasteiger partial charge in [0.15, 0.2) is 12.9 Å². The van der Waals surface area contributed by atoms with E-state index in [0.29, 0.717) is 11.5 Å². The van der Waals surface area contributed by atoms with Crippen LogP contribution in [0.2, 0.25) is 0 Å². The molecule has 1 N–H and O–H groups in total. The number of para-hydroxylation sites is 2. The van der Waals surface area contributed by atoms with Crippen LogP contribution in [0.1, 0.15) is 13.3 Å². The van der Waals surface area contributed by atoms with E-state index in [1.807, 2.05) is 12.1 Å². The maximum Gasteiger partial charge on any atom is 0.512 e. The molecule has 4 atom stereocenters. The zero-order valence-electron chi connectivity index (χ0n) is 20.1. The number of rotatable bonds is 13. The van der Waals surface area contributed by atoms with Crippen molar-refractivity contribution in [3.05, 3.63) is 60.7 Å². The Bertz CT molecular complexity index is 981. The minimum atomic E-state index is -3.86. The molecular weight excluding hydrogens is 493 g/mol. The lowest BCUT2D eigenvalue weighted by Gasteiger charge is -2.30. The highest BCUT2D eigenvalue weighted by atomic mass is 31.2. The fourth-order valence-corrected chi connectivity index (χ4v) is 5.46. The van der Waals surface area contributed by atoms with E-state index < -0.39 is 37.8 Å². The molecule has 0 amide bonds. The monoisotopic (exact) mass is 523 g/mol. The van der Waals surface area contributed by atoms with Crippen molar-refractivity contribution in [1.29, 1.82) is 0 Å². The Labute approximate surface area is 209 Å². The Kier molecular flexibility index (Phi) is 8.97. The van der Waals surface area contributed by atoms with Gasteiger partial charge in [-0.05, 0) is 30.7 Å². The van der Waals surface area contributed by atoms with Gasteiger partial charge in [-0.2, -0.15) is 0 Å². The van der Waals surface area contributed by atoms with E-state index in [4.69, 9.17) is 37.5 Å². The Morgan fingerprint density at radius 2 is 1.72 bits per heavy atom. The maximum atomic E-state index is 13.7. The largest absolute Gasteiger partial charge is 0.512 e. The third-order valence-corrected chi connectivity index (χ3v) is 7.00. The fraction of sp³-hybridized carbons (Fsp3) is 0.458. The first-order valence-electron chi connectivity index (χ1n) is 11.5. The van der Waals surface area contributed by atoms with E-state index in [0.717, 1.165) is 0 Å². The van der Waals surface area contributed by atoms with Gasteiger partial charge in [0.25, 0.3) is 5.79 Å². The number of esters is 1. The average Bonchev–Trinajstić information content (AvgIpc) is 3.38. The highest BCUT2D eigenvalue weighted by molar-refractivity contribution is 7.52. The predicted molar refractivity (Wildman–Crippen MR) is 126 cm³/mol. The molecule has 0 radical (unpaired) electrons. The van der Waals surface area contributed by atoms with Gasteiger partial charge >= 0.3 is 13.7 Å². The molecule has 11 nitrogen and oxygen atoms in total. The van der Waals surface area contributed by atoms with Gasteiger partial charge < -0.3 is 37.5 Å². The topological polar surface area (TPSA) is 120 Å². The average molecular weight is 523 g/mol. The zero-order chi connectivity index (χ0) is 25.4. The van der Waals surface area contributed by atoms with Gasteiger partial charge in [0.2, 0.25) is 0 Å². The number of benzene rings is 2. The molecule has 0 aromatic heterocycles. The van der Waals surface area contributed by atoms with Crippen molar-refractivity contribution >= 4 is 13.7 Å². The highest BCUT2D eigenvalue weighted by Gasteiger charge is 2.64. The molecule has 0 saturated carbocycles. The van der Waals surface area contributed by atoms with Crippen molar-refractivity contribution in [3.63, 3.8) is 0 Å². The minimum absolute atomic E-state index is 0.0665. The first-order chi connectivity index (χ1) is 17.4. The molecule has 196 valence electrons. The van der Waals surface area contributed by atoms with E-state index in [2.05, 4.69) is 5.09 Å². The molecule has 2 aliphatic heterocycles. The number of ether oxygens (including phenoxy) is 6. The first kappa shape index (κ1) is 26.6. The van der Waals surface area contributed by atoms with Gasteiger partial charge in [-0.25, -0.2) is 9.65 Å². The number of nitrogens with one attached hydrogen (secondary N) is 1. The summed E-state index contributed by atoms with van der Waals surface area (Å²) in [7, 11) is -2.35.